The molecule has 0 aromatic carbocycles. The molecule has 0 amide bonds. The molecule has 0 aliphatic rings. The van der Waals surface area contributed by atoms with Crippen LogP contribution in [0.5, 0.6) is 0 Å². The molecule has 4 nitrogen and oxygen atoms in total. The van der Waals surface area contributed by atoms with E-state index in [4.69, 9.17) is 16.7 Å². The van der Waals surface area contributed by atoms with E-state index >= 15 is 0 Å². The van der Waals surface area contributed by atoms with Crippen molar-refractivity contribution in [3.8, 4) is 0 Å². The Hall–Kier alpha value is -1.59. The molecule has 0 aliphatic heterocycles. The number of anilines is 1. The maximum atomic E-state index is 10.8. The number of thiophene rings is 1. The molecule has 18 heavy (non-hydrogen) atoms. The van der Waals surface area contributed by atoms with Crippen LogP contribution < -0.4 is 4.90 Å². The van der Waals surface area contributed by atoms with E-state index in [0.717, 1.165) is 0 Å². The predicted octanol–water partition coefficient (Wildman–Crippen LogP) is 3.13. The van der Waals surface area contributed by atoms with Crippen molar-refractivity contribution in [1.82, 2.24) is 4.98 Å². The second-order valence-electron chi connectivity index (χ2n) is 3.82. The number of rotatable bonds is 4. The zero-order valence-electron chi connectivity index (χ0n) is 9.63. The second kappa shape index (κ2) is 5.37. The molecule has 94 valence electrons. The third-order valence-corrected chi connectivity index (χ3v) is 3.44. The highest BCUT2D eigenvalue weighted by molar-refractivity contribution is 7.07. The summed E-state index contributed by atoms with van der Waals surface area (Å²) in [7, 11) is 1.87. The van der Waals surface area contributed by atoms with Crippen molar-refractivity contribution in [1.29, 1.82) is 0 Å². The Bertz CT molecular complexity index is 557. The average Bonchev–Trinajstić information content (AvgIpc) is 2.81. The fourth-order valence-electron chi connectivity index (χ4n) is 1.56. The number of halogens is 1. The van der Waals surface area contributed by atoms with E-state index in [1.165, 1.54) is 17.8 Å². The number of nitrogens with zero attached hydrogens (tertiary/aromatic N) is 2. The molecule has 1 N–H and O–H groups in total. The highest BCUT2D eigenvalue weighted by Gasteiger charge is 2.12. The van der Waals surface area contributed by atoms with Crippen LogP contribution in [0.15, 0.2) is 29.1 Å². The van der Waals surface area contributed by atoms with Crippen molar-refractivity contribution in [2.75, 3.05) is 11.9 Å². The quantitative estimate of drug-likeness (QED) is 0.936. The van der Waals surface area contributed by atoms with E-state index in [-0.39, 0.29) is 5.56 Å². The van der Waals surface area contributed by atoms with Crippen LogP contribution in [0.25, 0.3) is 0 Å². The third kappa shape index (κ3) is 2.80. The molecule has 0 bridgehead atoms. The van der Waals surface area contributed by atoms with Gasteiger partial charge in [-0.3, -0.25) is 0 Å². The summed E-state index contributed by atoms with van der Waals surface area (Å²) >= 11 is 7.67. The largest absolute Gasteiger partial charge is 0.478 e. The van der Waals surface area contributed by atoms with E-state index in [1.54, 1.807) is 11.3 Å². The van der Waals surface area contributed by atoms with Crippen molar-refractivity contribution in [2.24, 2.45) is 0 Å². The van der Waals surface area contributed by atoms with Crippen LogP contribution in [-0.4, -0.2) is 23.1 Å². The van der Waals surface area contributed by atoms with Crippen molar-refractivity contribution in [2.45, 2.75) is 6.54 Å². The van der Waals surface area contributed by atoms with Gasteiger partial charge >= 0.3 is 5.97 Å². The number of aromatic nitrogens is 1. The van der Waals surface area contributed by atoms with Gasteiger partial charge in [0.2, 0.25) is 0 Å². The van der Waals surface area contributed by atoms with Crippen molar-refractivity contribution in [3.05, 3.63) is 45.2 Å². The molecule has 0 aliphatic carbocycles. The lowest BCUT2D eigenvalue weighted by Crippen LogP contribution is -2.18. The molecule has 0 saturated carbocycles. The Kier molecular flexibility index (Phi) is 3.84. The van der Waals surface area contributed by atoms with E-state index in [1.807, 2.05) is 23.4 Å². The van der Waals surface area contributed by atoms with Crippen LogP contribution >= 0.6 is 22.9 Å². The monoisotopic (exact) mass is 282 g/mol. The molecule has 0 unspecified atom stereocenters. The molecular weight excluding hydrogens is 272 g/mol. The van der Waals surface area contributed by atoms with E-state index in [9.17, 15) is 4.79 Å². The molecule has 0 spiro atoms. The normalized spacial score (nSPS) is 10.3. The van der Waals surface area contributed by atoms with Crippen LogP contribution in [0.2, 0.25) is 5.02 Å². The van der Waals surface area contributed by atoms with E-state index < -0.39 is 5.97 Å². The summed E-state index contributed by atoms with van der Waals surface area (Å²) in [5.41, 5.74) is 1.26. The van der Waals surface area contributed by atoms with Crippen molar-refractivity contribution < 1.29 is 9.90 Å². The Morgan fingerprint density at radius 2 is 2.39 bits per heavy atom. The Morgan fingerprint density at radius 3 is 2.94 bits per heavy atom. The van der Waals surface area contributed by atoms with Crippen LogP contribution in [0.3, 0.4) is 0 Å². The molecular formula is C12H11ClN2O2S. The number of hydrogen-bond acceptors (Lipinski definition) is 4. The predicted molar refractivity (Wildman–Crippen MR) is 72.6 cm³/mol. The van der Waals surface area contributed by atoms with Gasteiger partial charge in [0.1, 0.15) is 5.82 Å². The van der Waals surface area contributed by atoms with E-state index in [0.29, 0.717) is 17.4 Å². The summed E-state index contributed by atoms with van der Waals surface area (Å²) in [4.78, 5) is 16.8. The second-order valence-corrected chi connectivity index (χ2v) is 5.01. The van der Waals surface area contributed by atoms with Gasteiger partial charge in [0.15, 0.2) is 0 Å². The Labute approximate surface area is 113 Å². The van der Waals surface area contributed by atoms with Crippen LogP contribution in [0.4, 0.5) is 5.82 Å². The molecule has 6 heteroatoms. The van der Waals surface area contributed by atoms with E-state index in [2.05, 4.69) is 10.4 Å². The summed E-state index contributed by atoms with van der Waals surface area (Å²) in [5.74, 6) is -0.454. The van der Waals surface area contributed by atoms with Gasteiger partial charge in [-0.2, -0.15) is 11.3 Å². The van der Waals surface area contributed by atoms with Crippen LogP contribution in [0, 0.1) is 0 Å². The molecule has 2 aromatic heterocycles. The first-order chi connectivity index (χ1) is 8.58. The molecule has 0 atom stereocenters. The fraction of sp³-hybridized carbons (Fsp3) is 0.167. The first-order valence-electron chi connectivity index (χ1n) is 5.19. The minimum Gasteiger partial charge on any atom is -0.478 e. The van der Waals surface area contributed by atoms with Crippen molar-refractivity contribution in [3.63, 3.8) is 0 Å². The first-order valence-corrected chi connectivity index (χ1v) is 6.51. The van der Waals surface area contributed by atoms with Gasteiger partial charge in [0, 0.05) is 19.8 Å². The summed E-state index contributed by atoms with van der Waals surface area (Å²) < 4.78 is 0. The first kappa shape index (κ1) is 12.9. The van der Waals surface area contributed by atoms with Gasteiger partial charge in [-0.05, 0) is 28.5 Å². The molecule has 0 radical (unpaired) electrons. The van der Waals surface area contributed by atoms with Gasteiger partial charge in [0.25, 0.3) is 0 Å². The number of pyridine rings is 1. The molecule has 0 fully saturated rings. The minimum absolute atomic E-state index is 0.0904. The average molecular weight is 283 g/mol. The van der Waals surface area contributed by atoms with Gasteiger partial charge < -0.3 is 10.0 Å². The summed E-state index contributed by atoms with van der Waals surface area (Å²) in [6, 6.07) is 3.44. The lowest BCUT2D eigenvalue weighted by Gasteiger charge is -2.18. The lowest BCUT2D eigenvalue weighted by atomic mass is 10.2. The third-order valence-electron chi connectivity index (χ3n) is 2.43. The maximum Gasteiger partial charge on any atom is 0.337 e. The standard InChI is InChI=1S/C12H11ClN2O2S/c1-15(6-8-2-3-18-7-8)11-10(13)4-9(5-14-11)12(16)17/h2-5,7H,6H2,1H3,(H,16,17). The minimum atomic E-state index is -1.03. The summed E-state index contributed by atoms with van der Waals surface area (Å²) in [6.45, 7) is 0.683. The fourth-order valence-corrected chi connectivity index (χ4v) is 2.53. The smallest absolute Gasteiger partial charge is 0.337 e. The van der Waals surface area contributed by atoms with Crippen LogP contribution in [-0.2, 0) is 6.54 Å². The number of aromatic carboxylic acids is 1. The van der Waals surface area contributed by atoms with Crippen molar-refractivity contribution >= 4 is 34.7 Å². The summed E-state index contributed by atoms with van der Waals surface area (Å²) in [6.07, 6.45) is 1.31. The Morgan fingerprint density at radius 1 is 1.61 bits per heavy atom. The van der Waals surface area contributed by atoms with Gasteiger partial charge in [-0.1, -0.05) is 11.6 Å². The van der Waals surface area contributed by atoms with Gasteiger partial charge in [-0.15, -0.1) is 0 Å². The van der Waals surface area contributed by atoms with Crippen LogP contribution in [0.1, 0.15) is 15.9 Å². The number of carboxylic acid groups (broad SMARTS) is 1. The number of hydrogen-bond donors (Lipinski definition) is 1. The molecule has 2 aromatic rings. The molecule has 0 saturated heterocycles. The highest BCUT2D eigenvalue weighted by atomic mass is 35.5. The molecule has 2 heterocycles. The molecule has 2 rings (SSSR count). The highest BCUT2D eigenvalue weighted by Crippen LogP contribution is 2.24. The Balaban J connectivity index is 2.20. The van der Waals surface area contributed by atoms with Gasteiger partial charge in [-0.25, -0.2) is 9.78 Å². The number of carboxylic acids is 1. The SMILES string of the molecule is CN(Cc1ccsc1)c1ncc(C(=O)O)cc1Cl. The maximum absolute atomic E-state index is 10.8. The zero-order chi connectivity index (χ0) is 13.1. The summed E-state index contributed by atoms with van der Waals surface area (Å²) in [5, 5.41) is 13.2. The van der Waals surface area contributed by atoms with Gasteiger partial charge in [0.05, 0.1) is 10.6 Å². The zero-order valence-corrected chi connectivity index (χ0v) is 11.2. The number of carbonyl (C=O) groups is 1. The lowest BCUT2D eigenvalue weighted by molar-refractivity contribution is 0.0696. The topological polar surface area (TPSA) is 53.4 Å².